The number of nitrogens with one attached hydrogen (secondary N) is 1. The van der Waals surface area contributed by atoms with Gasteiger partial charge >= 0.3 is 0 Å². The second-order valence-electron chi connectivity index (χ2n) is 6.31. The Morgan fingerprint density at radius 3 is 2.67 bits per heavy atom. The summed E-state index contributed by atoms with van der Waals surface area (Å²) < 4.78 is 0. The molecule has 0 aromatic rings. The molecule has 3 atom stereocenters. The van der Waals surface area contributed by atoms with Gasteiger partial charge in [-0.3, -0.25) is 9.69 Å². The average Bonchev–Trinajstić information content (AvgIpc) is 3.00. The van der Waals surface area contributed by atoms with Crippen molar-refractivity contribution in [1.82, 2.24) is 10.2 Å². The van der Waals surface area contributed by atoms with Gasteiger partial charge in [0.1, 0.15) is 0 Å². The number of amides is 1. The van der Waals surface area contributed by atoms with E-state index in [1.54, 1.807) is 0 Å². The molecule has 0 aromatic heterocycles. The Morgan fingerprint density at radius 2 is 1.94 bits per heavy atom. The molecule has 1 aliphatic heterocycles. The quantitative estimate of drug-likeness (QED) is 0.779. The van der Waals surface area contributed by atoms with Gasteiger partial charge in [-0.2, -0.15) is 0 Å². The topological polar surface area (TPSA) is 52.6 Å². The van der Waals surface area contributed by atoms with Gasteiger partial charge in [-0.1, -0.05) is 12.8 Å². The summed E-state index contributed by atoms with van der Waals surface area (Å²) in [4.78, 5) is 14.2. The number of likely N-dealkylation sites (tertiary alicyclic amines) is 1. The number of aliphatic hydroxyl groups excluding tert-OH is 1. The summed E-state index contributed by atoms with van der Waals surface area (Å²) >= 11 is 0. The van der Waals surface area contributed by atoms with E-state index in [0.717, 1.165) is 38.8 Å². The Hall–Kier alpha value is -0.610. The second kappa shape index (κ2) is 5.17. The lowest BCUT2D eigenvalue weighted by Crippen LogP contribution is -2.41. The number of aliphatic hydroxyl groups is 1. The van der Waals surface area contributed by atoms with E-state index < -0.39 is 0 Å². The third kappa shape index (κ3) is 2.54. The number of fused-ring (bicyclic) bond motifs is 1. The van der Waals surface area contributed by atoms with Crippen LogP contribution in [0.15, 0.2) is 0 Å². The highest BCUT2D eigenvalue weighted by atomic mass is 16.3. The molecule has 0 radical (unpaired) electrons. The molecular formula is C14H24N2O2. The zero-order valence-electron chi connectivity index (χ0n) is 11.0. The van der Waals surface area contributed by atoms with Crippen molar-refractivity contribution in [1.29, 1.82) is 0 Å². The van der Waals surface area contributed by atoms with Gasteiger partial charge in [0.05, 0.1) is 12.6 Å². The Labute approximate surface area is 109 Å². The molecule has 2 aliphatic carbocycles. The summed E-state index contributed by atoms with van der Waals surface area (Å²) in [6.45, 7) is 2.43. The smallest absolute Gasteiger partial charge is 0.234 e. The molecule has 3 rings (SSSR count). The average molecular weight is 252 g/mol. The van der Waals surface area contributed by atoms with Gasteiger partial charge in [0.2, 0.25) is 5.91 Å². The number of rotatable bonds is 3. The van der Waals surface area contributed by atoms with Crippen molar-refractivity contribution in [3.8, 4) is 0 Å². The first kappa shape index (κ1) is 12.4. The first-order valence-corrected chi connectivity index (χ1v) is 7.42. The second-order valence-corrected chi connectivity index (χ2v) is 6.31. The zero-order chi connectivity index (χ0) is 12.5. The van der Waals surface area contributed by atoms with Gasteiger partial charge in [0.25, 0.3) is 0 Å². The summed E-state index contributed by atoms with van der Waals surface area (Å²) in [5.41, 5.74) is 0. The van der Waals surface area contributed by atoms with Crippen molar-refractivity contribution in [3.05, 3.63) is 0 Å². The van der Waals surface area contributed by atoms with Crippen LogP contribution in [-0.2, 0) is 4.79 Å². The summed E-state index contributed by atoms with van der Waals surface area (Å²) in [7, 11) is 0. The molecule has 1 saturated heterocycles. The maximum Gasteiger partial charge on any atom is 0.234 e. The third-order valence-electron chi connectivity index (χ3n) is 4.98. The summed E-state index contributed by atoms with van der Waals surface area (Å²) in [5.74, 6) is 1.22. The van der Waals surface area contributed by atoms with Gasteiger partial charge in [-0.05, 0) is 31.6 Å². The van der Waals surface area contributed by atoms with E-state index in [1.165, 1.54) is 12.8 Å². The maximum absolute atomic E-state index is 11.9. The van der Waals surface area contributed by atoms with Gasteiger partial charge in [-0.25, -0.2) is 0 Å². The van der Waals surface area contributed by atoms with Gasteiger partial charge in [0, 0.05) is 25.0 Å². The van der Waals surface area contributed by atoms with Gasteiger partial charge in [0.15, 0.2) is 0 Å². The molecule has 2 N–H and O–H groups in total. The molecule has 18 heavy (non-hydrogen) atoms. The molecule has 4 nitrogen and oxygen atoms in total. The van der Waals surface area contributed by atoms with Crippen LogP contribution in [0.3, 0.4) is 0 Å². The van der Waals surface area contributed by atoms with Crippen molar-refractivity contribution < 1.29 is 9.90 Å². The van der Waals surface area contributed by atoms with E-state index in [4.69, 9.17) is 0 Å². The minimum atomic E-state index is -0.127. The van der Waals surface area contributed by atoms with Crippen LogP contribution < -0.4 is 5.32 Å². The van der Waals surface area contributed by atoms with E-state index >= 15 is 0 Å². The molecule has 102 valence electrons. The fourth-order valence-corrected chi connectivity index (χ4v) is 4.00. The highest BCUT2D eigenvalue weighted by Crippen LogP contribution is 2.37. The molecule has 3 fully saturated rings. The highest BCUT2D eigenvalue weighted by molar-refractivity contribution is 5.78. The van der Waals surface area contributed by atoms with Crippen molar-refractivity contribution in [2.24, 2.45) is 11.8 Å². The minimum absolute atomic E-state index is 0.127. The molecule has 2 saturated carbocycles. The molecule has 3 aliphatic rings. The van der Waals surface area contributed by atoms with Crippen LogP contribution in [-0.4, -0.2) is 47.7 Å². The highest BCUT2D eigenvalue weighted by Gasteiger charge is 2.42. The van der Waals surface area contributed by atoms with Crippen molar-refractivity contribution >= 4 is 5.91 Å². The molecular weight excluding hydrogens is 228 g/mol. The Morgan fingerprint density at radius 1 is 1.17 bits per heavy atom. The summed E-state index contributed by atoms with van der Waals surface area (Å²) in [5, 5.41) is 13.0. The molecule has 1 amide bonds. The zero-order valence-corrected chi connectivity index (χ0v) is 11.0. The number of carbonyl (C=O) groups is 1. The fourth-order valence-electron chi connectivity index (χ4n) is 4.00. The van der Waals surface area contributed by atoms with E-state index in [-0.39, 0.29) is 12.0 Å². The van der Waals surface area contributed by atoms with Crippen LogP contribution in [0.25, 0.3) is 0 Å². The van der Waals surface area contributed by atoms with Gasteiger partial charge in [-0.15, -0.1) is 0 Å². The molecule has 0 aromatic carbocycles. The third-order valence-corrected chi connectivity index (χ3v) is 4.98. The normalized spacial score (nSPS) is 37.1. The van der Waals surface area contributed by atoms with Crippen LogP contribution in [0.2, 0.25) is 0 Å². The van der Waals surface area contributed by atoms with Crippen LogP contribution in [0.1, 0.15) is 38.5 Å². The number of carbonyl (C=O) groups excluding carboxylic acids is 1. The predicted octanol–water partition coefficient (Wildman–Crippen LogP) is 0.748. The van der Waals surface area contributed by atoms with Crippen molar-refractivity contribution in [3.63, 3.8) is 0 Å². The van der Waals surface area contributed by atoms with Crippen LogP contribution >= 0.6 is 0 Å². The molecule has 4 heteroatoms. The van der Waals surface area contributed by atoms with E-state index in [9.17, 15) is 9.90 Å². The Balaban J connectivity index is 1.44. The Kier molecular flexibility index (Phi) is 3.57. The first-order chi connectivity index (χ1) is 8.72. The standard InChI is InChI=1S/C14H24N2O2/c17-13-6-5-10-7-16(8-12(10)13)9-14(18)15-11-3-1-2-4-11/h10-13,17H,1-9H2,(H,15,18). The maximum atomic E-state index is 11.9. The number of hydrogen-bond donors (Lipinski definition) is 2. The Bertz CT molecular complexity index is 315. The molecule has 0 bridgehead atoms. The number of nitrogens with zero attached hydrogens (tertiary/aromatic N) is 1. The van der Waals surface area contributed by atoms with Gasteiger partial charge < -0.3 is 10.4 Å². The van der Waals surface area contributed by atoms with Crippen molar-refractivity contribution in [2.75, 3.05) is 19.6 Å². The van der Waals surface area contributed by atoms with Crippen LogP contribution in [0.4, 0.5) is 0 Å². The minimum Gasteiger partial charge on any atom is -0.393 e. The lowest BCUT2D eigenvalue weighted by Gasteiger charge is -2.19. The van der Waals surface area contributed by atoms with Crippen molar-refractivity contribution in [2.45, 2.75) is 50.7 Å². The van der Waals surface area contributed by atoms with E-state index in [2.05, 4.69) is 10.2 Å². The van der Waals surface area contributed by atoms with Crippen LogP contribution in [0, 0.1) is 11.8 Å². The molecule has 0 spiro atoms. The lowest BCUT2D eigenvalue weighted by atomic mass is 10.00. The fraction of sp³-hybridized carbons (Fsp3) is 0.929. The lowest BCUT2D eigenvalue weighted by molar-refractivity contribution is -0.122. The van der Waals surface area contributed by atoms with E-state index in [0.29, 0.717) is 24.4 Å². The number of hydrogen-bond acceptors (Lipinski definition) is 3. The SMILES string of the molecule is O=C(CN1CC2CCC(O)C2C1)NC1CCCC1. The summed E-state index contributed by atoms with van der Waals surface area (Å²) in [6, 6.07) is 0.421. The predicted molar refractivity (Wildman–Crippen MR) is 69.1 cm³/mol. The van der Waals surface area contributed by atoms with Crippen LogP contribution in [0.5, 0.6) is 0 Å². The monoisotopic (exact) mass is 252 g/mol. The molecule has 3 unspecified atom stereocenters. The summed E-state index contributed by atoms with van der Waals surface area (Å²) in [6.07, 6.45) is 6.77. The first-order valence-electron chi connectivity index (χ1n) is 7.42. The van der Waals surface area contributed by atoms with E-state index in [1.807, 2.05) is 0 Å². The largest absolute Gasteiger partial charge is 0.393 e. The molecule has 1 heterocycles.